The normalized spacial score (nSPS) is 15.8. The Labute approximate surface area is 159 Å². The van der Waals surface area contributed by atoms with E-state index in [1.54, 1.807) is 0 Å². The summed E-state index contributed by atoms with van der Waals surface area (Å²) >= 11 is 0. The Morgan fingerprint density at radius 2 is 1.92 bits per heavy atom. The first-order valence-corrected chi connectivity index (χ1v) is 9.79. The van der Waals surface area contributed by atoms with E-state index in [0.29, 0.717) is 0 Å². The van der Waals surface area contributed by atoms with E-state index in [1.807, 2.05) is 13.1 Å². The van der Waals surface area contributed by atoms with Gasteiger partial charge in [-0.15, -0.1) is 6.58 Å². The number of unbranched alkanes of at least 4 members (excludes halogenated alkanes) is 1. The molecule has 2 rings (SSSR count). The molecule has 0 bridgehead atoms. The van der Waals surface area contributed by atoms with E-state index in [9.17, 15) is 0 Å². The minimum absolute atomic E-state index is 0.970. The predicted molar refractivity (Wildman–Crippen MR) is 113 cm³/mol. The first kappa shape index (κ1) is 20.3. The van der Waals surface area contributed by atoms with Crippen molar-refractivity contribution in [2.24, 2.45) is 4.99 Å². The average molecular weight is 358 g/mol. The number of rotatable bonds is 9. The van der Waals surface area contributed by atoms with E-state index in [4.69, 9.17) is 0 Å². The molecule has 0 spiro atoms. The molecular weight excluding hydrogens is 322 g/mol. The van der Waals surface area contributed by atoms with Gasteiger partial charge < -0.3 is 15.1 Å². The van der Waals surface area contributed by atoms with Gasteiger partial charge in [0.2, 0.25) is 0 Å². The van der Waals surface area contributed by atoms with Crippen LogP contribution in [0.1, 0.15) is 19.3 Å². The van der Waals surface area contributed by atoms with Crippen LogP contribution in [0.2, 0.25) is 0 Å². The lowest BCUT2D eigenvalue weighted by molar-refractivity contribution is 0.255. The summed E-state index contributed by atoms with van der Waals surface area (Å²) in [6.45, 7) is 11.4. The molecule has 1 N–H and O–H groups in total. The molecular formula is C21H35N5. The lowest BCUT2D eigenvalue weighted by atomic mass is 10.2. The topological polar surface area (TPSA) is 34.1 Å². The number of guanidine groups is 1. The Bertz CT molecular complexity index is 535. The molecule has 1 aromatic rings. The third-order valence-electron chi connectivity index (χ3n) is 4.90. The van der Waals surface area contributed by atoms with Crippen LogP contribution in [0.4, 0.5) is 5.69 Å². The molecule has 0 atom stereocenters. The van der Waals surface area contributed by atoms with E-state index < -0.39 is 0 Å². The SMILES string of the molecule is C=CCCCN(C)C(=NC)NCCCN1CCN(c2ccccc2)CC1. The summed E-state index contributed by atoms with van der Waals surface area (Å²) in [5.41, 5.74) is 1.34. The van der Waals surface area contributed by atoms with Crippen LogP contribution in [0, 0.1) is 0 Å². The lowest BCUT2D eigenvalue weighted by Crippen LogP contribution is -2.47. The molecule has 144 valence electrons. The molecule has 1 aliphatic heterocycles. The molecule has 0 amide bonds. The van der Waals surface area contributed by atoms with Crippen molar-refractivity contribution in [3.8, 4) is 0 Å². The number of piperazine rings is 1. The number of benzene rings is 1. The average Bonchev–Trinajstić information content (AvgIpc) is 2.69. The third-order valence-corrected chi connectivity index (χ3v) is 4.90. The van der Waals surface area contributed by atoms with Gasteiger partial charge in [0.15, 0.2) is 5.96 Å². The smallest absolute Gasteiger partial charge is 0.193 e. The Balaban J connectivity index is 1.60. The molecule has 1 heterocycles. The quantitative estimate of drug-likeness (QED) is 0.319. The van der Waals surface area contributed by atoms with Gasteiger partial charge in [-0.25, -0.2) is 0 Å². The van der Waals surface area contributed by atoms with E-state index >= 15 is 0 Å². The van der Waals surface area contributed by atoms with E-state index in [1.165, 1.54) is 5.69 Å². The van der Waals surface area contributed by atoms with Gasteiger partial charge in [0.05, 0.1) is 0 Å². The van der Waals surface area contributed by atoms with Crippen molar-refractivity contribution in [3.63, 3.8) is 0 Å². The third kappa shape index (κ3) is 6.71. The van der Waals surface area contributed by atoms with Gasteiger partial charge in [-0.2, -0.15) is 0 Å². The van der Waals surface area contributed by atoms with Gasteiger partial charge in [-0.05, 0) is 37.9 Å². The predicted octanol–water partition coefficient (Wildman–Crippen LogP) is 2.67. The monoisotopic (exact) mass is 357 g/mol. The van der Waals surface area contributed by atoms with Crippen molar-refractivity contribution in [1.82, 2.24) is 15.1 Å². The highest BCUT2D eigenvalue weighted by molar-refractivity contribution is 5.79. The van der Waals surface area contributed by atoms with Crippen molar-refractivity contribution in [1.29, 1.82) is 0 Å². The zero-order valence-electron chi connectivity index (χ0n) is 16.5. The molecule has 26 heavy (non-hydrogen) atoms. The molecule has 0 aromatic heterocycles. The number of hydrogen-bond donors (Lipinski definition) is 1. The number of aliphatic imine (C=N–C) groups is 1. The number of anilines is 1. The number of allylic oxidation sites excluding steroid dienone is 1. The maximum Gasteiger partial charge on any atom is 0.193 e. The van der Waals surface area contributed by atoms with Gasteiger partial charge in [0.1, 0.15) is 0 Å². The molecule has 1 aromatic carbocycles. The molecule has 1 aliphatic rings. The highest BCUT2D eigenvalue weighted by Crippen LogP contribution is 2.15. The van der Waals surface area contributed by atoms with E-state index in [2.05, 4.69) is 69.0 Å². The van der Waals surface area contributed by atoms with Gasteiger partial charge in [0, 0.05) is 59.1 Å². The van der Waals surface area contributed by atoms with Gasteiger partial charge in [-0.1, -0.05) is 24.3 Å². The van der Waals surface area contributed by atoms with Crippen LogP contribution in [0.5, 0.6) is 0 Å². The maximum absolute atomic E-state index is 4.38. The molecule has 1 fully saturated rings. The molecule has 0 unspecified atom stereocenters. The molecule has 5 nitrogen and oxygen atoms in total. The van der Waals surface area contributed by atoms with Crippen LogP contribution in [0.25, 0.3) is 0 Å². The summed E-state index contributed by atoms with van der Waals surface area (Å²) < 4.78 is 0. The highest BCUT2D eigenvalue weighted by atomic mass is 15.3. The second-order valence-corrected chi connectivity index (χ2v) is 6.84. The largest absolute Gasteiger partial charge is 0.369 e. The zero-order chi connectivity index (χ0) is 18.6. The van der Waals surface area contributed by atoms with Crippen LogP contribution in [-0.2, 0) is 0 Å². The Hall–Kier alpha value is -2.01. The number of nitrogens with zero attached hydrogens (tertiary/aromatic N) is 4. The van der Waals surface area contributed by atoms with Gasteiger partial charge >= 0.3 is 0 Å². The second-order valence-electron chi connectivity index (χ2n) is 6.84. The Morgan fingerprint density at radius 3 is 2.58 bits per heavy atom. The van der Waals surface area contributed by atoms with Gasteiger partial charge in [-0.3, -0.25) is 9.89 Å². The van der Waals surface area contributed by atoms with Gasteiger partial charge in [0.25, 0.3) is 0 Å². The molecule has 0 radical (unpaired) electrons. The number of para-hydroxylation sites is 1. The highest BCUT2D eigenvalue weighted by Gasteiger charge is 2.16. The fourth-order valence-electron chi connectivity index (χ4n) is 3.33. The van der Waals surface area contributed by atoms with E-state index in [-0.39, 0.29) is 0 Å². The fraction of sp³-hybridized carbons (Fsp3) is 0.571. The van der Waals surface area contributed by atoms with Crippen LogP contribution < -0.4 is 10.2 Å². The van der Waals surface area contributed by atoms with E-state index in [0.717, 1.165) is 71.0 Å². The molecule has 0 saturated carbocycles. The molecule has 1 saturated heterocycles. The van der Waals surface area contributed by atoms with Crippen LogP contribution in [-0.4, -0.2) is 75.7 Å². The molecule has 0 aliphatic carbocycles. The summed E-state index contributed by atoms with van der Waals surface area (Å²) in [5.74, 6) is 0.989. The summed E-state index contributed by atoms with van der Waals surface area (Å²) in [6.07, 6.45) is 5.29. The molecule has 5 heteroatoms. The summed E-state index contributed by atoms with van der Waals surface area (Å²) in [7, 11) is 3.95. The minimum Gasteiger partial charge on any atom is -0.369 e. The van der Waals surface area contributed by atoms with Crippen molar-refractivity contribution < 1.29 is 0 Å². The summed E-state index contributed by atoms with van der Waals surface area (Å²) in [5, 5.41) is 3.48. The Kier molecular flexibility index (Phi) is 9.04. The maximum atomic E-state index is 4.38. The standard InChI is InChI=1S/C21H35N5/c1-4-5-9-14-24(3)21(22-2)23-13-10-15-25-16-18-26(19-17-25)20-11-7-6-8-12-20/h4,6-8,11-12H,1,5,9-10,13-19H2,2-3H3,(H,22,23). The summed E-state index contributed by atoms with van der Waals surface area (Å²) in [6, 6.07) is 10.7. The van der Waals surface area contributed by atoms with Crippen molar-refractivity contribution in [2.75, 3.05) is 64.8 Å². The van der Waals surface area contributed by atoms with Crippen LogP contribution in [0.15, 0.2) is 48.0 Å². The van der Waals surface area contributed by atoms with Crippen LogP contribution >= 0.6 is 0 Å². The van der Waals surface area contributed by atoms with Crippen molar-refractivity contribution in [3.05, 3.63) is 43.0 Å². The van der Waals surface area contributed by atoms with Crippen molar-refractivity contribution in [2.45, 2.75) is 19.3 Å². The lowest BCUT2D eigenvalue weighted by Gasteiger charge is -2.36. The summed E-state index contributed by atoms with van der Waals surface area (Å²) in [4.78, 5) is 11.6. The van der Waals surface area contributed by atoms with Crippen LogP contribution in [0.3, 0.4) is 0 Å². The first-order valence-electron chi connectivity index (χ1n) is 9.79. The second kappa shape index (κ2) is 11.6. The zero-order valence-corrected chi connectivity index (χ0v) is 16.5. The number of nitrogens with one attached hydrogen (secondary N) is 1. The number of hydrogen-bond acceptors (Lipinski definition) is 3. The Morgan fingerprint density at radius 1 is 1.19 bits per heavy atom. The minimum atomic E-state index is 0.970. The van der Waals surface area contributed by atoms with Crippen molar-refractivity contribution >= 4 is 11.6 Å². The fourth-order valence-corrected chi connectivity index (χ4v) is 3.33. The first-order chi connectivity index (χ1) is 12.7.